The first-order valence-electron chi connectivity index (χ1n) is 15.7. The third kappa shape index (κ3) is 8.60. The molecule has 4 rings (SSSR count). The van der Waals surface area contributed by atoms with Crippen LogP contribution in [0.2, 0.25) is 0 Å². The first-order valence-corrected chi connectivity index (χ1v) is 15.7. The second-order valence-electron chi connectivity index (χ2n) is 13.1. The summed E-state index contributed by atoms with van der Waals surface area (Å²) in [5.74, 6) is 0.660. The Morgan fingerprint density at radius 2 is 1.70 bits per heavy atom. The Kier molecular flexibility index (Phi) is 11.0. The van der Waals surface area contributed by atoms with Crippen LogP contribution in [-0.2, 0) is 12.8 Å². The fourth-order valence-corrected chi connectivity index (χ4v) is 5.41. The van der Waals surface area contributed by atoms with Crippen molar-refractivity contribution in [2.24, 2.45) is 5.41 Å². The Bertz CT molecular complexity index is 1540. The van der Waals surface area contributed by atoms with Crippen molar-refractivity contribution in [2.75, 3.05) is 33.8 Å². The van der Waals surface area contributed by atoms with Crippen molar-refractivity contribution in [3.05, 3.63) is 136 Å². The van der Waals surface area contributed by atoms with Crippen LogP contribution in [0.5, 0.6) is 5.75 Å². The van der Waals surface area contributed by atoms with Crippen molar-refractivity contribution >= 4 is 11.1 Å². The van der Waals surface area contributed by atoms with Crippen molar-refractivity contribution in [1.82, 2.24) is 10.2 Å². The Hall–Kier alpha value is -3.89. The predicted octanol–water partition coefficient (Wildman–Crippen LogP) is 9.17. The third-order valence-corrected chi connectivity index (χ3v) is 8.38. The first-order chi connectivity index (χ1) is 20.9. The normalized spacial score (nSPS) is 13.5. The summed E-state index contributed by atoms with van der Waals surface area (Å²) in [6.45, 7) is 19.0. The van der Waals surface area contributed by atoms with Crippen molar-refractivity contribution in [3.8, 4) is 5.75 Å². The van der Waals surface area contributed by atoms with E-state index in [0.29, 0.717) is 12.2 Å². The zero-order valence-electron chi connectivity index (χ0n) is 27.5. The lowest BCUT2D eigenvalue weighted by molar-refractivity contribution is 0.316. The predicted molar refractivity (Wildman–Crippen MR) is 186 cm³/mol. The van der Waals surface area contributed by atoms with Gasteiger partial charge in [-0.1, -0.05) is 88.0 Å². The van der Waals surface area contributed by atoms with Gasteiger partial charge in [-0.15, -0.1) is 0 Å². The van der Waals surface area contributed by atoms with E-state index in [4.69, 9.17) is 4.74 Å². The summed E-state index contributed by atoms with van der Waals surface area (Å²) in [5.41, 5.74) is 10.9. The summed E-state index contributed by atoms with van der Waals surface area (Å²) in [6.07, 6.45) is 7.67. The molecule has 1 aliphatic rings. The molecule has 0 radical (unpaired) electrons. The highest BCUT2D eigenvalue weighted by Gasteiger charge is 2.23. The molecule has 0 bridgehead atoms. The largest absolute Gasteiger partial charge is 0.492 e. The monoisotopic (exact) mass is 592 g/mol. The highest BCUT2D eigenvalue weighted by Crippen LogP contribution is 2.41. The fraction of sp³-hybridized carbons (Fsp3) is 0.350. The molecule has 1 N–H and O–H groups in total. The van der Waals surface area contributed by atoms with Crippen molar-refractivity contribution in [3.63, 3.8) is 0 Å². The maximum atomic E-state index is 15.5. The summed E-state index contributed by atoms with van der Waals surface area (Å²) in [6, 6.07) is 20.7. The number of fused-ring (bicyclic) bond motifs is 1. The Morgan fingerprint density at radius 1 is 0.977 bits per heavy atom. The van der Waals surface area contributed by atoms with E-state index in [-0.39, 0.29) is 11.2 Å². The van der Waals surface area contributed by atoms with Crippen LogP contribution in [0.4, 0.5) is 4.39 Å². The molecule has 0 spiro atoms. The minimum Gasteiger partial charge on any atom is -0.492 e. The van der Waals surface area contributed by atoms with Crippen molar-refractivity contribution < 1.29 is 9.13 Å². The van der Waals surface area contributed by atoms with Gasteiger partial charge in [-0.3, -0.25) is 0 Å². The number of hydrogen-bond donors (Lipinski definition) is 1. The minimum absolute atomic E-state index is 0.0619. The highest BCUT2D eigenvalue weighted by molar-refractivity contribution is 6.00. The summed E-state index contributed by atoms with van der Waals surface area (Å²) >= 11 is 0. The molecule has 1 aliphatic carbocycles. The lowest BCUT2D eigenvalue weighted by Crippen LogP contribution is -2.21. The molecule has 4 heteroatoms. The standard InChI is InChI=1S/C40H49FN2O/c1-28-14-20-36(38(41)25-28)37-13-9-12-33-27-31(26-29(2)40(4,5)6)15-21-35(33)39(37)32-16-18-34(19-17-32)44-24-23-42-22-10-11-30(3)43(7)8/h10-11,14-21,25,27,42H,2-3,9,12-13,22-24,26H2,1,4-8H3/b11-10+. The molecule has 0 unspecified atom stereocenters. The lowest BCUT2D eigenvalue weighted by atomic mass is 9.82. The molecule has 3 nitrogen and oxygen atoms in total. The molecule has 0 aromatic heterocycles. The summed E-state index contributed by atoms with van der Waals surface area (Å²) < 4.78 is 21.5. The fourth-order valence-electron chi connectivity index (χ4n) is 5.41. The van der Waals surface area contributed by atoms with Crippen LogP contribution >= 0.6 is 0 Å². The van der Waals surface area contributed by atoms with Gasteiger partial charge in [0.2, 0.25) is 0 Å². The number of halogens is 1. The number of hydrogen-bond acceptors (Lipinski definition) is 3. The number of likely N-dealkylation sites (N-methyl/N-ethyl adjacent to an activating group) is 1. The summed E-state index contributed by atoms with van der Waals surface area (Å²) in [4.78, 5) is 1.98. The van der Waals surface area contributed by atoms with Gasteiger partial charge in [0, 0.05) is 38.4 Å². The molecular formula is C40H49FN2O. The zero-order valence-corrected chi connectivity index (χ0v) is 27.5. The van der Waals surface area contributed by atoms with Crippen LogP contribution in [0, 0.1) is 18.2 Å². The molecule has 0 heterocycles. The highest BCUT2D eigenvalue weighted by atomic mass is 19.1. The minimum atomic E-state index is -0.160. The SMILES string of the molecule is C=C(/C=C/CNCCOc1ccc(C2=C(c3ccc(C)cc3F)CCCc3cc(CC(=C)C(C)(C)C)ccc32)cc1)N(C)C. The van der Waals surface area contributed by atoms with E-state index in [1.165, 1.54) is 22.3 Å². The Morgan fingerprint density at radius 3 is 2.39 bits per heavy atom. The van der Waals surface area contributed by atoms with Gasteiger partial charge in [0.25, 0.3) is 0 Å². The van der Waals surface area contributed by atoms with Crippen LogP contribution in [0.1, 0.15) is 67.0 Å². The molecule has 0 saturated heterocycles. The number of nitrogens with one attached hydrogen (secondary N) is 1. The van der Waals surface area contributed by atoms with Gasteiger partial charge in [-0.2, -0.15) is 0 Å². The van der Waals surface area contributed by atoms with Crippen LogP contribution < -0.4 is 10.1 Å². The van der Waals surface area contributed by atoms with Gasteiger partial charge in [0.05, 0.1) is 0 Å². The molecule has 0 fully saturated rings. The topological polar surface area (TPSA) is 24.5 Å². The molecule has 0 aliphatic heterocycles. The molecule has 0 atom stereocenters. The van der Waals surface area contributed by atoms with E-state index in [2.05, 4.69) is 75.7 Å². The average molecular weight is 593 g/mol. The maximum Gasteiger partial charge on any atom is 0.130 e. The molecule has 0 amide bonds. The van der Waals surface area contributed by atoms with Crippen LogP contribution in [0.25, 0.3) is 11.1 Å². The quantitative estimate of drug-likeness (QED) is 0.129. The zero-order chi connectivity index (χ0) is 31.9. The van der Waals surface area contributed by atoms with Gasteiger partial charge < -0.3 is 15.0 Å². The van der Waals surface area contributed by atoms with E-state index >= 15 is 4.39 Å². The maximum absolute atomic E-state index is 15.5. The molecule has 0 saturated carbocycles. The van der Waals surface area contributed by atoms with Gasteiger partial charge in [0.1, 0.15) is 18.2 Å². The number of aryl methyl sites for hydroxylation is 2. The van der Waals surface area contributed by atoms with Crippen LogP contribution in [-0.4, -0.2) is 38.7 Å². The van der Waals surface area contributed by atoms with Gasteiger partial charge in [0.15, 0.2) is 0 Å². The smallest absolute Gasteiger partial charge is 0.130 e. The van der Waals surface area contributed by atoms with E-state index in [1.807, 2.05) is 56.3 Å². The Labute approximate surface area is 264 Å². The van der Waals surface area contributed by atoms with E-state index in [0.717, 1.165) is 72.5 Å². The van der Waals surface area contributed by atoms with E-state index in [9.17, 15) is 0 Å². The Balaban J connectivity index is 1.59. The van der Waals surface area contributed by atoms with E-state index < -0.39 is 0 Å². The number of ether oxygens (including phenoxy) is 1. The summed E-state index contributed by atoms with van der Waals surface area (Å²) in [7, 11) is 3.96. The van der Waals surface area contributed by atoms with Crippen molar-refractivity contribution in [1.29, 1.82) is 0 Å². The van der Waals surface area contributed by atoms with Gasteiger partial charge in [-0.05, 0) is 101 Å². The molecule has 232 valence electrons. The first kappa shape index (κ1) is 33.0. The molecule has 44 heavy (non-hydrogen) atoms. The van der Waals surface area contributed by atoms with E-state index in [1.54, 1.807) is 6.07 Å². The van der Waals surface area contributed by atoms with Crippen LogP contribution in [0.15, 0.2) is 97.2 Å². The second-order valence-corrected chi connectivity index (χ2v) is 13.1. The van der Waals surface area contributed by atoms with Crippen LogP contribution in [0.3, 0.4) is 0 Å². The lowest BCUT2D eigenvalue weighted by Gasteiger charge is -2.23. The molecular weight excluding hydrogens is 543 g/mol. The number of allylic oxidation sites excluding steroid dienone is 3. The van der Waals surface area contributed by atoms with Gasteiger partial charge >= 0.3 is 0 Å². The average Bonchev–Trinajstić information content (AvgIpc) is 3.15. The number of rotatable bonds is 12. The molecule has 3 aromatic carbocycles. The van der Waals surface area contributed by atoms with Crippen molar-refractivity contribution in [2.45, 2.75) is 53.4 Å². The van der Waals surface area contributed by atoms with Gasteiger partial charge in [-0.25, -0.2) is 4.39 Å². The molecule has 3 aromatic rings. The second kappa shape index (κ2) is 14.7. The number of benzene rings is 3. The summed E-state index contributed by atoms with van der Waals surface area (Å²) in [5, 5.41) is 3.37. The third-order valence-electron chi connectivity index (χ3n) is 8.38. The number of nitrogens with zero attached hydrogens (tertiary/aromatic N) is 1.